The van der Waals surface area contributed by atoms with Crippen molar-refractivity contribution in [2.45, 2.75) is 12.6 Å². The molecule has 0 bridgehead atoms. The van der Waals surface area contributed by atoms with E-state index in [-0.39, 0.29) is 6.03 Å². The second kappa shape index (κ2) is 4.07. The zero-order valence-corrected chi connectivity index (χ0v) is 9.87. The molecule has 1 atom stereocenters. The summed E-state index contributed by atoms with van der Waals surface area (Å²) in [6.45, 7) is 4.33. The van der Waals surface area contributed by atoms with Crippen molar-refractivity contribution in [2.75, 3.05) is 26.2 Å². The molecule has 1 aromatic rings. The van der Waals surface area contributed by atoms with E-state index in [1.54, 1.807) is 11.3 Å². The summed E-state index contributed by atoms with van der Waals surface area (Å²) in [5.74, 6) is 0. The third-order valence-electron chi connectivity index (χ3n) is 3.25. The van der Waals surface area contributed by atoms with Gasteiger partial charge in [-0.15, -0.1) is 0 Å². The van der Waals surface area contributed by atoms with Gasteiger partial charge in [0.25, 0.3) is 0 Å². The van der Waals surface area contributed by atoms with Crippen LogP contribution in [0.15, 0.2) is 16.8 Å². The molecule has 5 heteroatoms. The molecule has 2 saturated heterocycles. The number of nitrogens with zero attached hydrogens (tertiary/aromatic N) is 2. The fourth-order valence-corrected chi connectivity index (χ4v) is 3.09. The Morgan fingerprint density at radius 1 is 1.56 bits per heavy atom. The van der Waals surface area contributed by atoms with Crippen molar-refractivity contribution in [3.63, 3.8) is 0 Å². The number of amides is 2. The lowest BCUT2D eigenvalue weighted by Crippen LogP contribution is -2.49. The van der Waals surface area contributed by atoms with Gasteiger partial charge in [0.15, 0.2) is 0 Å². The third-order valence-corrected chi connectivity index (χ3v) is 3.98. The highest BCUT2D eigenvalue weighted by Gasteiger charge is 2.38. The first-order valence-corrected chi connectivity index (χ1v) is 6.56. The molecule has 1 unspecified atom stereocenters. The van der Waals surface area contributed by atoms with Crippen LogP contribution < -0.4 is 5.32 Å². The molecule has 0 aromatic carbocycles. The minimum atomic E-state index is 0.206. The number of hydrogen-bond donors (Lipinski definition) is 1. The number of fused-ring (bicyclic) bond motifs is 1. The summed E-state index contributed by atoms with van der Waals surface area (Å²) in [5, 5.41) is 7.51. The van der Waals surface area contributed by atoms with Crippen molar-refractivity contribution in [1.29, 1.82) is 0 Å². The van der Waals surface area contributed by atoms with Gasteiger partial charge in [0.05, 0.1) is 6.04 Å². The molecule has 2 amide bonds. The highest BCUT2D eigenvalue weighted by molar-refractivity contribution is 7.07. The Morgan fingerprint density at radius 2 is 2.50 bits per heavy atom. The molecule has 86 valence electrons. The lowest BCUT2D eigenvalue weighted by molar-refractivity contribution is 0.178. The number of nitrogens with one attached hydrogen (secondary N) is 1. The van der Waals surface area contributed by atoms with E-state index >= 15 is 0 Å². The van der Waals surface area contributed by atoms with Crippen LogP contribution in [-0.4, -0.2) is 48.1 Å². The molecule has 0 spiro atoms. The van der Waals surface area contributed by atoms with Crippen molar-refractivity contribution >= 4 is 17.4 Å². The topological polar surface area (TPSA) is 35.6 Å². The highest BCUT2D eigenvalue weighted by Crippen LogP contribution is 2.20. The first-order chi connectivity index (χ1) is 7.84. The molecular formula is C11H15N3OS. The molecular weight excluding hydrogens is 222 g/mol. The van der Waals surface area contributed by atoms with Gasteiger partial charge in [0.2, 0.25) is 0 Å². The minimum absolute atomic E-state index is 0.206. The van der Waals surface area contributed by atoms with Crippen LogP contribution in [0.3, 0.4) is 0 Å². The molecule has 3 rings (SSSR count). The Morgan fingerprint density at radius 3 is 3.25 bits per heavy atom. The van der Waals surface area contributed by atoms with Gasteiger partial charge in [0, 0.05) is 32.7 Å². The first-order valence-electron chi connectivity index (χ1n) is 5.62. The van der Waals surface area contributed by atoms with E-state index in [2.05, 4.69) is 22.1 Å². The molecule has 2 fully saturated rings. The van der Waals surface area contributed by atoms with E-state index in [0.717, 1.165) is 32.7 Å². The Balaban J connectivity index is 1.71. The summed E-state index contributed by atoms with van der Waals surface area (Å²) in [6, 6.07) is 2.67. The van der Waals surface area contributed by atoms with Crippen LogP contribution in [-0.2, 0) is 6.54 Å². The predicted molar refractivity (Wildman–Crippen MR) is 63.5 cm³/mol. The SMILES string of the molecule is O=C1N(Cc2ccsc2)CC2CNCCN12. The monoisotopic (exact) mass is 237 g/mol. The Labute approximate surface area is 98.8 Å². The Kier molecular flexibility index (Phi) is 2.57. The predicted octanol–water partition coefficient (Wildman–Crippen LogP) is 0.957. The number of rotatable bonds is 2. The number of urea groups is 1. The van der Waals surface area contributed by atoms with Crippen LogP contribution in [0.4, 0.5) is 4.79 Å². The summed E-state index contributed by atoms with van der Waals surface area (Å²) in [4.78, 5) is 16.1. The number of hydrogen-bond acceptors (Lipinski definition) is 3. The summed E-state index contributed by atoms with van der Waals surface area (Å²) < 4.78 is 0. The molecule has 2 aliphatic heterocycles. The smallest absolute Gasteiger partial charge is 0.318 e. The minimum Gasteiger partial charge on any atom is -0.318 e. The van der Waals surface area contributed by atoms with E-state index in [0.29, 0.717) is 6.04 Å². The van der Waals surface area contributed by atoms with E-state index in [4.69, 9.17) is 0 Å². The molecule has 16 heavy (non-hydrogen) atoms. The zero-order valence-electron chi connectivity index (χ0n) is 9.06. The van der Waals surface area contributed by atoms with Crippen LogP contribution >= 0.6 is 11.3 Å². The molecule has 0 radical (unpaired) electrons. The van der Waals surface area contributed by atoms with Crippen LogP contribution in [0.25, 0.3) is 0 Å². The van der Waals surface area contributed by atoms with Gasteiger partial charge < -0.3 is 15.1 Å². The number of carbonyl (C=O) groups excluding carboxylic acids is 1. The van der Waals surface area contributed by atoms with Crippen LogP contribution in [0.1, 0.15) is 5.56 Å². The molecule has 0 saturated carbocycles. The van der Waals surface area contributed by atoms with Crippen molar-refractivity contribution < 1.29 is 4.79 Å². The fraction of sp³-hybridized carbons (Fsp3) is 0.545. The van der Waals surface area contributed by atoms with Gasteiger partial charge >= 0.3 is 6.03 Å². The summed E-state index contributed by atoms with van der Waals surface area (Å²) >= 11 is 1.69. The van der Waals surface area contributed by atoms with Crippen molar-refractivity contribution in [3.05, 3.63) is 22.4 Å². The van der Waals surface area contributed by atoms with Gasteiger partial charge in [-0.05, 0) is 22.4 Å². The number of thiophene rings is 1. The molecule has 2 aliphatic rings. The molecule has 0 aliphatic carbocycles. The largest absolute Gasteiger partial charge is 0.320 e. The van der Waals surface area contributed by atoms with E-state index in [9.17, 15) is 4.79 Å². The number of carbonyl (C=O) groups is 1. The van der Waals surface area contributed by atoms with Crippen molar-refractivity contribution in [1.82, 2.24) is 15.1 Å². The highest BCUT2D eigenvalue weighted by atomic mass is 32.1. The first kappa shape index (κ1) is 10.1. The van der Waals surface area contributed by atoms with E-state index in [1.807, 2.05) is 9.80 Å². The van der Waals surface area contributed by atoms with Gasteiger partial charge in [-0.2, -0.15) is 11.3 Å². The second-order valence-electron chi connectivity index (χ2n) is 4.35. The fourth-order valence-electron chi connectivity index (χ4n) is 2.43. The standard InChI is InChI=1S/C11H15N3OS/c15-11-13(6-9-1-4-16-8-9)7-10-5-12-2-3-14(10)11/h1,4,8,10,12H,2-3,5-7H2. The van der Waals surface area contributed by atoms with Gasteiger partial charge in [-0.25, -0.2) is 4.79 Å². The normalized spacial score (nSPS) is 25.0. The lowest BCUT2D eigenvalue weighted by atomic mass is 10.2. The lowest BCUT2D eigenvalue weighted by Gasteiger charge is -2.28. The van der Waals surface area contributed by atoms with Crippen molar-refractivity contribution in [2.24, 2.45) is 0 Å². The van der Waals surface area contributed by atoms with Gasteiger partial charge in [0.1, 0.15) is 0 Å². The summed E-state index contributed by atoms with van der Waals surface area (Å²) in [5.41, 5.74) is 1.24. The maximum atomic E-state index is 12.1. The average molecular weight is 237 g/mol. The summed E-state index contributed by atoms with van der Waals surface area (Å²) in [6.07, 6.45) is 0. The zero-order chi connectivity index (χ0) is 11.0. The van der Waals surface area contributed by atoms with E-state index in [1.165, 1.54) is 5.56 Å². The van der Waals surface area contributed by atoms with Crippen LogP contribution in [0.2, 0.25) is 0 Å². The average Bonchev–Trinajstić information content (AvgIpc) is 2.90. The molecule has 4 nitrogen and oxygen atoms in total. The molecule has 3 heterocycles. The van der Waals surface area contributed by atoms with E-state index < -0.39 is 0 Å². The molecule has 1 N–H and O–H groups in total. The summed E-state index contributed by atoms with van der Waals surface area (Å²) in [7, 11) is 0. The number of piperazine rings is 1. The van der Waals surface area contributed by atoms with Gasteiger partial charge in [-0.1, -0.05) is 0 Å². The second-order valence-corrected chi connectivity index (χ2v) is 5.13. The third kappa shape index (κ3) is 1.70. The maximum absolute atomic E-state index is 12.1. The molecule has 1 aromatic heterocycles. The quantitative estimate of drug-likeness (QED) is 0.831. The van der Waals surface area contributed by atoms with Crippen molar-refractivity contribution in [3.8, 4) is 0 Å². The van der Waals surface area contributed by atoms with Gasteiger partial charge in [-0.3, -0.25) is 0 Å². The maximum Gasteiger partial charge on any atom is 0.320 e. The van der Waals surface area contributed by atoms with Crippen LogP contribution in [0.5, 0.6) is 0 Å². The Bertz CT molecular complexity index is 379. The Hall–Kier alpha value is -1.07. The van der Waals surface area contributed by atoms with Crippen LogP contribution in [0, 0.1) is 0 Å².